The topological polar surface area (TPSA) is 58.4 Å². The number of aliphatic hydroxyl groups is 1. The third kappa shape index (κ3) is 2.73. The molecule has 1 N–H and O–H groups in total. The van der Waals surface area contributed by atoms with E-state index in [0.29, 0.717) is 18.9 Å². The van der Waals surface area contributed by atoms with Crippen LogP contribution in [0.4, 0.5) is 0 Å². The molecule has 1 aliphatic carbocycles. The number of aromatic nitrogens is 2. The minimum absolute atomic E-state index is 0.0429. The Balaban J connectivity index is 1.72. The Labute approximate surface area is 119 Å². The van der Waals surface area contributed by atoms with Gasteiger partial charge in [-0.1, -0.05) is 12.8 Å². The van der Waals surface area contributed by atoms with Crippen LogP contribution in [0.1, 0.15) is 44.2 Å². The summed E-state index contributed by atoms with van der Waals surface area (Å²) in [5.74, 6) is 0.751. The van der Waals surface area contributed by atoms with Crippen LogP contribution in [0.2, 0.25) is 0 Å². The zero-order valence-electron chi connectivity index (χ0n) is 11.9. The third-order valence-electron chi connectivity index (χ3n) is 4.72. The molecule has 1 aliphatic heterocycles. The highest BCUT2D eigenvalue weighted by Crippen LogP contribution is 2.29. The molecule has 5 heteroatoms. The molecule has 0 spiro atoms. The number of rotatable bonds is 3. The van der Waals surface area contributed by atoms with Crippen LogP contribution in [0.5, 0.6) is 0 Å². The lowest BCUT2D eigenvalue weighted by Crippen LogP contribution is -2.41. The van der Waals surface area contributed by atoms with E-state index in [9.17, 15) is 9.90 Å². The fourth-order valence-electron chi connectivity index (χ4n) is 3.49. The summed E-state index contributed by atoms with van der Waals surface area (Å²) >= 11 is 0. The summed E-state index contributed by atoms with van der Waals surface area (Å²) in [7, 11) is 0. The van der Waals surface area contributed by atoms with Gasteiger partial charge in [-0.05, 0) is 31.2 Å². The van der Waals surface area contributed by atoms with E-state index in [-0.39, 0.29) is 18.6 Å². The van der Waals surface area contributed by atoms with Gasteiger partial charge in [-0.3, -0.25) is 9.48 Å². The van der Waals surface area contributed by atoms with Gasteiger partial charge < -0.3 is 10.0 Å². The second-order valence-electron chi connectivity index (χ2n) is 6.05. The Morgan fingerprint density at radius 2 is 2.15 bits per heavy atom. The molecule has 1 aromatic heterocycles. The fourth-order valence-corrected chi connectivity index (χ4v) is 3.49. The molecule has 1 saturated carbocycles. The number of fused-ring (bicyclic) bond motifs is 1. The summed E-state index contributed by atoms with van der Waals surface area (Å²) in [4.78, 5) is 14.5. The first-order chi connectivity index (χ1) is 9.78. The molecule has 0 unspecified atom stereocenters. The van der Waals surface area contributed by atoms with Gasteiger partial charge in [-0.2, -0.15) is 5.10 Å². The Morgan fingerprint density at radius 1 is 1.35 bits per heavy atom. The summed E-state index contributed by atoms with van der Waals surface area (Å²) in [5.41, 5.74) is 1.07. The third-order valence-corrected chi connectivity index (χ3v) is 4.72. The van der Waals surface area contributed by atoms with E-state index in [1.165, 1.54) is 25.7 Å². The Bertz CT molecular complexity index is 465. The SMILES string of the molecule is O=C(CC1CCCC1)N1Cc2ccnn2CC[C@H]1CO. The van der Waals surface area contributed by atoms with Crippen molar-refractivity contribution in [3.63, 3.8) is 0 Å². The van der Waals surface area contributed by atoms with E-state index in [4.69, 9.17) is 0 Å². The van der Waals surface area contributed by atoms with Crippen molar-refractivity contribution in [1.82, 2.24) is 14.7 Å². The van der Waals surface area contributed by atoms with Crippen molar-refractivity contribution in [1.29, 1.82) is 0 Å². The fraction of sp³-hybridized carbons (Fsp3) is 0.733. The van der Waals surface area contributed by atoms with E-state index in [2.05, 4.69) is 5.10 Å². The number of hydrogen-bond acceptors (Lipinski definition) is 3. The smallest absolute Gasteiger partial charge is 0.223 e. The highest BCUT2D eigenvalue weighted by Gasteiger charge is 2.29. The molecule has 5 nitrogen and oxygen atoms in total. The van der Waals surface area contributed by atoms with E-state index in [1.807, 2.05) is 15.6 Å². The van der Waals surface area contributed by atoms with Crippen LogP contribution in [0, 0.1) is 5.92 Å². The van der Waals surface area contributed by atoms with Crippen molar-refractivity contribution in [3.05, 3.63) is 18.0 Å². The normalized spacial score (nSPS) is 23.6. The molecular formula is C15H23N3O2. The molecule has 2 heterocycles. The van der Waals surface area contributed by atoms with Gasteiger partial charge in [0.1, 0.15) is 0 Å². The predicted octanol–water partition coefficient (Wildman–Crippen LogP) is 1.56. The van der Waals surface area contributed by atoms with E-state index in [1.54, 1.807) is 6.20 Å². The number of aliphatic hydroxyl groups excluding tert-OH is 1. The summed E-state index contributed by atoms with van der Waals surface area (Å²) in [5, 5.41) is 13.9. The number of nitrogens with zero attached hydrogens (tertiary/aromatic N) is 3. The lowest BCUT2D eigenvalue weighted by molar-refractivity contribution is -0.136. The molecule has 1 aromatic rings. The van der Waals surface area contributed by atoms with Crippen LogP contribution in [-0.4, -0.2) is 38.3 Å². The summed E-state index contributed by atoms with van der Waals surface area (Å²) in [6, 6.07) is 1.90. The van der Waals surface area contributed by atoms with Gasteiger partial charge in [0.2, 0.25) is 5.91 Å². The van der Waals surface area contributed by atoms with Crippen LogP contribution in [0.3, 0.4) is 0 Å². The van der Waals surface area contributed by atoms with Crippen LogP contribution in [-0.2, 0) is 17.9 Å². The first kappa shape index (κ1) is 13.6. The molecule has 3 rings (SSSR count). The zero-order valence-corrected chi connectivity index (χ0v) is 11.9. The quantitative estimate of drug-likeness (QED) is 0.912. The highest BCUT2D eigenvalue weighted by molar-refractivity contribution is 5.76. The van der Waals surface area contributed by atoms with Crippen LogP contribution < -0.4 is 0 Å². The first-order valence-electron chi connectivity index (χ1n) is 7.69. The van der Waals surface area contributed by atoms with E-state index in [0.717, 1.165) is 18.7 Å². The number of carbonyl (C=O) groups excluding carboxylic acids is 1. The molecule has 1 atom stereocenters. The highest BCUT2D eigenvalue weighted by atomic mass is 16.3. The Kier molecular flexibility index (Phi) is 4.05. The van der Waals surface area contributed by atoms with Crippen molar-refractivity contribution < 1.29 is 9.90 Å². The van der Waals surface area contributed by atoms with Crippen molar-refractivity contribution in [2.45, 2.75) is 57.7 Å². The standard InChI is InChI=1S/C15H23N3O2/c19-11-14-6-8-18-13(5-7-16-18)10-17(14)15(20)9-12-3-1-2-4-12/h5,7,12,14,19H,1-4,6,8-11H2/t14-/m0/s1. The molecule has 1 amide bonds. The molecule has 110 valence electrons. The molecule has 1 fully saturated rings. The molecule has 2 aliphatic rings. The number of carbonyl (C=O) groups is 1. The summed E-state index contributed by atoms with van der Waals surface area (Å²) in [6.07, 6.45) is 8.09. The minimum Gasteiger partial charge on any atom is -0.394 e. The predicted molar refractivity (Wildman–Crippen MR) is 74.8 cm³/mol. The molecule has 0 radical (unpaired) electrons. The maximum Gasteiger partial charge on any atom is 0.223 e. The van der Waals surface area contributed by atoms with Gasteiger partial charge in [0.05, 0.1) is 24.9 Å². The van der Waals surface area contributed by atoms with Gasteiger partial charge in [-0.25, -0.2) is 0 Å². The first-order valence-corrected chi connectivity index (χ1v) is 7.69. The van der Waals surface area contributed by atoms with Gasteiger partial charge in [-0.15, -0.1) is 0 Å². The number of amides is 1. The van der Waals surface area contributed by atoms with Gasteiger partial charge in [0.15, 0.2) is 0 Å². The molecule has 0 bridgehead atoms. The Morgan fingerprint density at radius 3 is 2.90 bits per heavy atom. The number of hydrogen-bond donors (Lipinski definition) is 1. The lowest BCUT2D eigenvalue weighted by atomic mass is 10.0. The Hall–Kier alpha value is -1.36. The monoisotopic (exact) mass is 277 g/mol. The van der Waals surface area contributed by atoms with E-state index < -0.39 is 0 Å². The van der Waals surface area contributed by atoms with Crippen molar-refractivity contribution in [2.75, 3.05) is 6.61 Å². The van der Waals surface area contributed by atoms with Crippen molar-refractivity contribution >= 4 is 5.91 Å². The van der Waals surface area contributed by atoms with Gasteiger partial charge in [0.25, 0.3) is 0 Å². The maximum atomic E-state index is 12.6. The van der Waals surface area contributed by atoms with E-state index >= 15 is 0 Å². The number of aryl methyl sites for hydroxylation is 1. The van der Waals surface area contributed by atoms with Crippen LogP contribution >= 0.6 is 0 Å². The molecule has 0 aromatic carbocycles. The second kappa shape index (κ2) is 5.95. The average Bonchev–Trinajstić information content (AvgIpc) is 3.07. The van der Waals surface area contributed by atoms with Gasteiger partial charge in [0, 0.05) is 19.2 Å². The maximum absolute atomic E-state index is 12.6. The second-order valence-corrected chi connectivity index (χ2v) is 6.05. The lowest BCUT2D eigenvalue weighted by Gasteiger charge is -2.29. The van der Waals surface area contributed by atoms with Crippen LogP contribution in [0.25, 0.3) is 0 Å². The zero-order chi connectivity index (χ0) is 13.9. The largest absolute Gasteiger partial charge is 0.394 e. The van der Waals surface area contributed by atoms with Crippen LogP contribution in [0.15, 0.2) is 12.3 Å². The minimum atomic E-state index is -0.0643. The summed E-state index contributed by atoms with van der Waals surface area (Å²) in [6.45, 7) is 1.40. The van der Waals surface area contributed by atoms with Crippen molar-refractivity contribution in [3.8, 4) is 0 Å². The average molecular weight is 277 g/mol. The van der Waals surface area contributed by atoms with Crippen molar-refractivity contribution in [2.24, 2.45) is 5.92 Å². The van der Waals surface area contributed by atoms with Gasteiger partial charge >= 0.3 is 0 Å². The molecule has 20 heavy (non-hydrogen) atoms. The molecule has 0 saturated heterocycles. The summed E-state index contributed by atoms with van der Waals surface area (Å²) < 4.78 is 1.95. The molecular weight excluding hydrogens is 254 g/mol.